The second kappa shape index (κ2) is 8.91. The van der Waals surface area contributed by atoms with Crippen LogP contribution >= 0.6 is 0 Å². The highest BCUT2D eigenvalue weighted by Crippen LogP contribution is 2.43. The third-order valence-electron chi connectivity index (χ3n) is 5.51. The Balaban J connectivity index is 2.50. The largest absolute Gasteiger partial charge is 0.508 e. The van der Waals surface area contributed by atoms with Crippen molar-refractivity contribution in [2.24, 2.45) is 0 Å². The van der Waals surface area contributed by atoms with Crippen LogP contribution in [-0.2, 0) is 5.41 Å². The van der Waals surface area contributed by atoms with Gasteiger partial charge < -0.3 is 20.4 Å². The Kier molecular flexibility index (Phi) is 6.80. The predicted octanol–water partition coefficient (Wildman–Crippen LogP) is 6.20. The van der Waals surface area contributed by atoms with Gasteiger partial charge in [-0.15, -0.1) is 0 Å². The Morgan fingerprint density at radius 1 is 0.966 bits per heavy atom. The summed E-state index contributed by atoms with van der Waals surface area (Å²) in [6.07, 6.45) is 6.80. The number of hydrogen-bond acceptors (Lipinski definition) is 4. The quantitative estimate of drug-likeness (QED) is 0.347. The molecule has 0 saturated carbocycles. The molecule has 0 bridgehead atoms. The lowest BCUT2D eigenvalue weighted by atomic mass is 9.76. The fraction of sp³-hybridized carbons (Fsp3) is 0.280. The highest BCUT2D eigenvalue weighted by molar-refractivity contribution is 5.54. The summed E-state index contributed by atoms with van der Waals surface area (Å²) in [7, 11) is 0. The molecule has 0 saturated heterocycles. The molecule has 0 amide bonds. The Hall–Kier alpha value is -3.14. The van der Waals surface area contributed by atoms with E-state index in [-0.39, 0.29) is 28.9 Å². The molecule has 2 rings (SSSR count). The number of aromatic hydroxyl groups is 3. The summed E-state index contributed by atoms with van der Waals surface area (Å²) in [6, 6.07) is 10.1. The van der Waals surface area contributed by atoms with E-state index in [4.69, 9.17) is 0 Å². The highest BCUT2D eigenvalue weighted by Gasteiger charge is 2.28. The molecule has 0 heterocycles. The monoisotopic (exact) mass is 394 g/mol. The topological polar surface area (TPSA) is 80.9 Å². The fourth-order valence-corrected chi connectivity index (χ4v) is 3.24. The standard InChI is InChI=1S/C25H30O4/c1-6-7-19(26)11-8-16(2)25(4,5)22-14-21(23(28)15-24(22)29)17(3)18-9-12-20(27)13-10-18/h6-15,17,26-29H,1-5H3/b7-6-,16-8+,19-11+. The predicted molar refractivity (Wildman–Crippen MR) is 118 cm³/mol. The molecule has 4 N–H and O–H groups in total. The molecule has 4 nitrogen and oxygen atoms in total. The first-order chi connectivity index (χ1) is 13.6. The van der Waals surface area contributed by atoms with Gasteiger partial charge in [0.25, 0.3) is 0 Å². The lowest BCUT2D eigenvalue weighted by Crippen LogP contribution is -2.19. The van der Waals surface area contributed by atoms with E-state index in [0.717, 1.165) is 11.1 Å². The lowest BCUT2D eigenvalue weighted by Gasteiger charge is -2.29. The minimum absolute atomic E-state index is 0.0172. The molecule has 154 valence electrons. The van der Waals surface area contributed by atoms with Gasteiger partial charge in [-0.2, -0.15) is 0 Å². The molecule has 0 fully saturated rings. The summed E-state index contributed by atoms with van der Waals surface area (Å²) in [6.45, 7) is 9.71. The third-order valence-corrected chi connectivity index (χ3v) is 5.51. The average Bonchev–Trinajstić information content (AvgIpc) is 2.66. The van der Waals surface area contributed by atoms with E-state index < -0.39 is 5.41 Å². The van der Waals surface area contributed by atoms with Gasteiger partial charge in [0.2, 0.25) is 0 Å². The maximum absolute atomic E-state index is 10.6. The van der Waals surface area contributed by atoms with E-state index in [0.29, 0.717) is 11.1 Å². The Morgan fingerprint density at radius 3 is 2.17 bits per heavy atom. The molecule has 2 aromatic rings. The van der Waals surface area contributed by atoms with Crippen LogP contribution < -0.4 is 0 Å². The van der Waals surface area contributed by atoms with Gasteiger partial charge in [0.1, 0.15) is 23.0 Å². The molecule has 1 unspecified atom stereocenters. The van der Waals surface area contributed by atoms with Crippen molar-refractivity contribution in [2.75, 3.05) is 0 Å². The maximum atomic E-state index is 10.6. The molecule has 0 aliphatic carbocycles. The molecule has 1 atom stereocenters. The van der Waals surface area contributed by atoms with Crippen molar-refractivity contribution in [1.29, 1.82) is 0 Å². The third kappa shape index (κ3) is 5.02. The molecule has 4 heteroatoms. The minimum Gasteiger partial charge on any atom is -0.508 e. The van der Waals surface area contributed by atoms with Crippen molar-refractivity contribution in [3.63, 3.8) is 0 Å². The number of hydrogen-bond donors (Lipinski definition) is 4. The van der Waals surface area contributed by atoms with E-state index >= 15 is 0 Å². The first-order valence-electron chi connectivity index (χ1n) is 9.64. The summed E-state index contributed by atoms with van der Waals surface area (Å²) < 4.78 is 0. The molecule has 0 aromatic heterocycles. The number of allylic oxidation sites excluding steroid dienone is 5. The molecule has 0 aliphatic rings. The van der Waals surface area contributed by atoms with Gasteiger partial charge >= 0.3 is 0 Å². The molecular weight excluding hydrogens is 364 g/mol. The number of aliphatic hydroxyl groups excluding tert-OH is 1. The normalized spacial score (nSPS) is 14.4. The van der Waals surface area contributed by atoms with Gasteiger partial charge in [-0.05, 0) is 49.8 Å². The number of aliphatic hydroxyl groups is 1. The van der Waals surface area contributed by atoms with Crippen LogP contribution in [0.15, 0.2) is 72.0 Å². The second-order valence-corrected chi connectivity index (χ2v) is 7.81. The van der Waals surface area contributed by atoms with Crippen LogP contribution in [0.2, 0.25) is 0 Å². The van der Waals surface area contributed by atoms with Crippen molar-refractivity contribution in [2.45, 2.75) is 46.0 Å². The van der Waals surface area contributed by atoms with Crippen molar-refractivity contribution in [3.05, 3.63) is 88.7 Å². The fourth-order valence-electron chi connectivity index (χ4n) is 3.24. The zero-order chi connectivity index (χ0) is 21.8. The Labute approximate surface area is 172 Å². The average molecular weight is 395 g/mol. The van der Waals surface area contributed by atoms with E-state index in [1.165, 1.54) is 6.07 Å². The van der Waals surface area contributed by atoms with Crippen molar-refractivity contribution in [3.8, 4) is 17.2 Å². The number of phenolic OH excluding ortho intramolecular Hbond substituents is 3. The van der Waals surface area contributed by atoms with E-state index in [1.54, 1.807) is 30.4 Å². The van der Waals surface area contributed by atoms with Crippen LogP contribution in [0.1, 0.15) is 57.2 Å². The summed E-state index contributed by atoms with van der Waals surface area (Å²) >= 11 is 0. The molecule has 0 aliphatic heterocycles. The zero-order valence-corrected chi connectivity index (χ0v) is 17.6. The van der Waals surface area contributed by atoms with Crippen LogP contribution in [-0.4, -0.2) is 20.4 Å². The van der Waals surface area contributed by atoms with Crippen LogP contribution in [0, 0.1) is 0 Å². The van der Waals surface area contributed by atoms with Crippen LogP contribution in [0.5, 0.6) is 17.2 Å². The molecule has 0 spiro atoms. The van der Waals surface area contributed by atoms with Gasteiger partial charge in [0, 0.05) is 28.5 Å². The summed E-state index contributed by atoms with van der Waals surface area (Å²) in [4.78, 5) is 0. The Morgan fingerprint density at radius 2 is 1.59 bits per heavy atom. The molecule has 29 heavy (non-hydrogen) atoms. The number of phenols is 3. The van der Waals surface area contributed by atoms with Crippen LogP contribution in [0.3, 0.4) is 0 Å². The minimum atomic E-state index is -0.534. The van der Waals surface area contributed by atoms with Gasteiger partial charge in [-0.1, -0.05) is 50.6 Å². The smallest absolute Gasteiger partial charge is 0.123 e. The first-order valence-corrected chi connectivity index (χ1v) is 9.64. The zero-order valence-electron chi connectivity index (χ0n) is 17.6. The Bertz CT molecular complexity index is 948. The van der Waals surface area contributed by atoms with Crippen LogP contribution in [0.25, 0.3) is 0 Å². The molecule has 2 aromatic carbocycles. The van der Waals surface area contributed by atoms with Gasteiger partial charge in [0.05, 0.1) is 0 Å². The van der Waals surface area contributed by atoms with E-state index in [9.17, 15) is 20.4 Å². The van der Waals surface area contributed by atoms with E-state index in [1.807, 2.05) is 58.9 Å². The van der Waals surface area contributed by atoms with Crippen LogP contribution in [0.4, 0.5) is 0 Å². The lowest BCUT2D eigenvalue weighted by molar-refractivity contribution is 0.430. The van der Waals surface area contributed by atoms with Crippen molar-refractivity contribution >= 4 is 0 Å². The number of benzene rings is 2. The first kappa shape index (κ1) is 22.2. The van der Waals surface area contributed by atoms with E-state index in [2.05, 4.69) is 0 Å². The van der Waals surface area contributed by atoms with Gasteiger partial charge in [-0.25, -0.2) is 0 Å². The molecule has 0 radical (unpaired) electrons. The summed E-state index contributed by atoms with van der Waals surface area (Å²) in [5, 5.41) is 40.4. The van der Waals surface area contributed by atoms with Crippen molar-refractivity contribution in [1.82, 2.24) is 0 Å². The maximum Gasteiger partial charge on any atom is 0.123 e. The van der Waals surface area contributed by atoms with Gasteiger partial charge in [-0.3, -0.25) is 0 Å². The van der Waals surface area contributed by atoms with Crippen molar-refractivity contribution < 1.29 is 20.4 Å². The van der Waals surface area contributed by atoms with Gasteiger partial charge in [0.15, 0.2) is 0 Å². The second-order valence-electron chi connectivity index (χ2n) is 7.81. The SMILES string of the molecule is C\C=C/C(O)=C\C=C(/C)C(C)(C)c1cc(C(C)c2ccc(O)cc2)c(O)cc1O. The summed E-state index contributed by atoms with van der Waals surface area (Å²) in [5.41, 5.74) is 2.73. The molecular formula is C25H30O4. The summed E-state index contributed by atoms with van der Waals surface area (Å²) in [5.74, 6) is 0.249. The highest BCUT2D eigenvalue weighted by atomic mass is 16.3. The number of rotatable bonds is 6.